The first-order chi connectivity index (χ1) is 6.24. The minimum Gasteiger partial charge on any atom is -0.465 e. The van der Waals surface area contributed by atoms with Crippen molar-refractivity contribution in [2.75, 3.05) is 13.1 Å². The molecule has 1 rings (SSSR count). The molecule has 1 aliphatic rings. The van der Waals surface area contributed by atoms with E-state index in [1.807, 2.05) is 0 Å². The Labute approximate surface area is 77.5 Å². The van der Waals surface area contributed by atoms with Gasteiger partial charge in [0.25, 0.3) is 0 Å². The standard InChI is InChI=1S/C9H15NO3/c11-6-2-4-8-3-1-5-10(7-8)9(12)13/h6,8H,1-5,7H2,(H,12,13). The monoisotopic (exact) mass is 185 g/mol. The van der Waals surface area contributed by atoms with E-state index in [-0.39, 0.29) is 0 Å². The van der Waals surface area contributed by atoms with Crippen molar-refractivity contribution < 1.29 is 14.7 Å². The van der Waals surface area contributed by atoms with Crippen LogP contribution in [0.4, 0.5) is 4.79 Å². The summed E-state index contributed by atoms with van der Waals surface area (Å²) in [5.41, 5.74) is 0. The molecule has 0 aromatic rings. The Balaban J connectivity index is 2.32. The second-order valence-electron chi connectivity index (χ2n) is 3.48. The average Bonchev–Trinajstić information content (AvgIpc) is 2.15. The summed E-state index contributed by atoms with van der Waals surface area (Å²) in [4.78, 5) is 22.2. The lowest BCUT2D eigenvalue weighted by Gasteiger charge is -2.30. The number of hydrogen-bond acceptors (Lipinski definition) is 2. The van der Waals surface area contributed by atoms with Crippen molar-refractivity contribution >= 4 is 12.4 Å². The zero-order valence-corrected chi connectivity index (χ0v) is 7.61. The van der Waals surface area contributed by atoms with Crippen molar-refractivity contribution in [3.8, 4) is 0 Å². The van der Waals surface area contributed by atoms with Gasteiger partial charge in [-0.1, -0.05) is 0 Å². The van der Waals surface area contributed by atoms with E-state index in [9.17, 15) is 9.59 Å². The summed E-state index contributed by atoms with van der Waals surface area (Å²) in [6.45, 7) is 1.25. The molecule has 1 atom stereocenters. The summed E-state index contributed by atoms with van der Waals surface area (Å²) < 4.78 is 0. The van der Waals surface area contributed by atoms with E-state index >= 15 is 0 Å². The number of nitrogens with zero attached hydrogens (tertiary/aromatic N) is 1. The molecule has 1 N–H and O–H groups in total. The van der Waals surface area contributed by atoms with Crippen LogP contribution < -0.4 is 0 Å². The first-order valence-corrected chi connectivity index (χ1v) is 4.65. The van der Waals surface area contributed by atoms with Crippen LogP contribution in [-0.2, 0) is 4.79 Å². The van der Waals surface area contributed by atoms with Crippen LogP contribution in [0.15, 0.2) is 0 Å². The van der Waals surface area contributed by atoms with Crippen LogP contribution in [0.2, 0.25) is 0 Å². The Kier molecular flexibility index (Phi) is 3.73. The molecule has 4 nitrogen and oxygen atoms in total. The molecular weight excluding hydrogens is 170 g/mol. The molecule has 0 radical (unpaired) electrons. The summed E-state index contributed by atoms with van der Waals surface area (Å²) in [6, 6.07) is 0. The van der Waals surface area contributed by atoms with Crippen LogP contribution in [0.1, 0.15) is 25.7 Å². The topological polar surface area (TPSA) is 57.6 Å². The fraction of sp³-hybridized carbons (Fsp3) is 0.778. The predicted molar refractivity (Wildman–Crippen MR) is 47.6 cm³/mol. The fourth-order valence-electron chi connectivity index (χ4n) is 1.78. The van der Waals surface area contributed by atoms with Crippen molar-refractivity contribution in [1.29, 1.82) is 0 Å². The summed E-state index contributed by atoms with van der Waals surface area (Å²) in [5.74, 6) is 0.384. The highest BCUT2D eigenvalue weighted by atomic mass is 16.4. The molecule has 0 aromatic carbocycles. The summed E-state index contributed by atoms with van der Waals surface area (Å²) in [7, 11) is 0. The van der Waals surface area contributed by atoms with Crippen molar-refractivity contribution in [1.82, 2.24) is 4.90 Å². The zero-order valence-electron chi connectivity index (χ0n) is 7.61. The van der Waals surface area contributed by atoms with Crippen LogP contribution >= 0.6 is 0 Å². The van der Waals surface area contributed by atoms with Crippen molar-refractivity contribution in [2.24, 2.45) is 5.92 Å². The summed E-state index contributed by atoms with van der Waals surface area (Å²) in [6.07, 6.45) is 3.43. The Hall–Kier alpha value is -1.06. The third-order valence-corrected chi connectivity index (χ3v) is 2.48. The van der Waals surface area contributed by atoms with E-state index in [2.05, 4.69) is 0 Å². The summed E-state index contributed by atoms with van der Waals surface area (Å²) >= 11 is 0. The van der Waals surface area contributed by atoms with Crippen molar-refractivity contribution in [2.45, 2.75) is 25.7 Å². The molecule has 0 bridgehead atoms. The van der Waals surface area contributed by atoms with Gasteiger partial charge in [-0.15, -0.1) is 0 Å². The molecule has 4 heteroatoms. The Morgan fingerprint density at radius 2 is 2.38 bits per heavy atom. The summed E-state index contributed by atoms with van der Waals surface area (Å²) in [5, 5.41) is 8.74. The normalized spacial score (nSPS) is 22.8. The van der Waals surface area contributed by atoms with Crippen molar-refractivity contribution in [3.05, 3.63) is 0 Å². The molecule has 1 aliphatic heterocycles. The Morgan fingerprint density at radius 1 is 1.62 bits per heavy atom. The zero-order chi connectivity index (χ0) is 9.68. The minimum absolute atomic E-state index is 0.384. The second kappa shape index (κ2) is 4.84. The maximum atomic E-state index is 10.6. The van der Waals surface area contributed by atoms with Gasteiger partial charge in [0.1, 0.15) is 6.29 Å². The number of likely N-dealkylation sites (tertiary alicyclic amines) is 1. The fourth-order valence-corrected chi connectivity index (χ4v) is 1.78. The molecule has 74 valence electrons. The molecule has 0 spiro atoms. The third-order valence-electron chi connectivity index (χ3n) is 2.48. The highest BCUT2D eigenvalue weighted by Gasteiger charge is 2.22. The first kappa shape index (κ1) is 10.0. The molecule has 0 saturated carbocycles. The lowest BCUT2D eigenvalue weighted by Crippen LogP contribution is -2.38. The van der Waals surface area contributed by atoms with Gasteiger partial charge in [-0.3, -0.25) is 0 Å². The number of amides is 1. The molecular formula is C9H15NO3. The highest BCUT2D eigenvalue weighted by molar-refractivity contribution is 5.65. The Bertz CT molecular complexity index is 193. The SMILES string of the molecule is O=CCCC1CCCN(C(=O)O)C1. The maximum Gasteiger partial charge on any atom is 0.407 e. The molecule has 1 unspecified atom stereocenters. The lowest BCUT2D eigenvalue weighted by atomic mass is 9.94. The number of carbonyl (C=O) groups excluding carboxylic acids is 1. The molecule has 0 aromatic heterocycles. The highest BCUT2D eigenvalue weighted by Crippen LogP contribution is 2.20. The number of carboxylic acid groups (broad SMARTS) is 1. The van der Waals surface area contributed by atoms with E-state index in [0.717, 1.165) is 25.5 Å². The smallest absolute Gasteiger partial charge is 0.407 e. The number of aldehydes is 1. The van der Waals surface area contributed by atoms with Crippen LogP contribution in [0.3, 0.4) is 0 Å². The average molecular weight is 185 g/mol. The van der Waals surface area contributed by atoms with Gasteiger partial charge in [0, 0.05) is 19.5 Å². The molecule has 1 saturated heterocycles. The number of piperidine rings is 1. The van der Waals surface area contributed by atoms with Crippen LogP contribution in [0.5, 0.6) is 0 Å². The molecule has 1 heterocycles. The van der Waals surface area contributed by atoms with Crippen LogP contribution in [0, 0.1) is 5.92 Å². The van der Waals surface area contributed by atoms with Crippen LogP contribution in [0.25, 0.3) is 0 Å². The third kappa shape index (κ3) is 3.05. The maximum absolute atomic E-state index is 10.6. The lowest BCUT2D eigenvalue weighted by molar-refractivity contribution is -0.108. The van der Waals surface area contributed by atoms with Gasteiger partial charge in [-0.25, -0.2) is 4.79 Å². The van der Waals surface area contributed by atoms with E-state index in [1.54, 1.807) is 0 Å². The quantitative estimate of drug-likeness (QED) is 0.675. The van der Waals surface area contributed by atoms with E-state index in [0.29, 0.717) is 25.4 Å². The van der Waals surface area contributed by atoms with Gasteiger partial charge >= 0.3 is 6.09 Å². The molecule has 0 aliphatic carbocycles. The van der Waals surface area contributed by atoms with Gasteiger partial charge in [-0.2, -0.15) is 0 Å². The van der Waals surface area contributed by atoms with Gasteiger partial charge in [0.05, 0.1) is 0 Å². The van der Waals surface area contributed by atoms with Crippen LogP contribution in [-0.4, -0.2) is 35.5 Å². The molecule has 1 fully saturated rings. The van der Waals surface area contributed by atoms with Crippen molar-refractivity contribution in [3.63, 3.8) is 0 Å². The number of hydrogen-bond donors (Lipinski definition) is 1. The molecule has 13 heavy (non-hydrogen) atoms. The minimum atomic E-state index is -0.837. The number of carbonyl (C=O) groups is 2. The number of rotatable bonds is 3. The van der Waals surface area contributed by atoms with Gasteiger partial charge in [0.15, 0.2) is 0 Å². The first-order valence-electron chi connectivity index (χ1n) is 4.65. The van der Waals surface area contributed by atoms with E-state index in [1.165, 1.54) is 4.90 Å². The van der Waals surface area contributed by atoms with E-state index < -0.39 is 6.09 Å². The van der Waals surface area contributed by atoms with Gasteiger partial charge < -0.3 is 14.8 Å². The van der Waals surface area contributed by atoms with Gasteiger partial charge in [0.2, 0.25) is 0 Å². The van der Waals surface area contributed by atoms with E-state index in [4.69, 9.17) is 5.11 Å². The predicted octanol–water partition coefficient (Wildman–Crippen LogP) is 1.36. The largest absolute Gasteiger partial charge is 0.465 e. The second-order valence-corrected chi connectivity index (χ2v) is 3.48. The van der Waals surface area contributed by atoms with Gasteiger partial charge in [-0.05, 0) is 25.2 Å². The Morgan fingerprint density at radius 3 is 3.00 bits per heavy atom. The molecule has 1 amide bonds.